The van der Waals surface area contributed by atoms with Gasteiger partial charge < -0.3 is 4.74 Å². The van der Waals surface area contributed by atoms with Crippen LogP contribution in [0.25, 0.3) is 0 Å². The normalized spacial score (nSPS) is 11.5. The predicted octanol–water partition coefficient (Wildman–Crippen LogP) is 5.25. The first-order chi connectivity index (χ1) is 9.27. The Labute approximate surface area is 127 Å². The molecule has 0 N–H and O–H groups in total. The molecule has 1 aromatic heterocycles. The summed E-state index contributed by atoms with van der Waals surface area (Å²) < 4.78 is 43.6. The number of benzene rings is 1. The Balaban J connectivity index is 2.31. The largest absolute Gasteiger partial charge is 0.439 e. The monoisotopic (exact) mass is 363 g/mol. The van der Waals surface area contributed by atoms with Gasteiger partial charge in [-0.15, -0.1) is 12.6 Å². The number of hydrogen-bond acceptors (Lipinski definition) is 3. The summed E-state index contributed by atoms with van der Waals surface area (Å²) in [5, 5.41) is 0. The van der Waals surface area contributed by atoms with Gasteiger partial charge in [0.1, 0.15) is 10.4 Å². The topological polar surface area (TPSA) is 22.1 Å². The minimum Gasteiger partial charge on any atom is -0.439 e. The molecular weight excluding hydrogens is 355 g/mol. The van der Waals surface area contributed by atoms with E-state index >= 15 is 0 Å². The number of pyridine rings is 1. The van der Waals surface area contributed by atoms with E-state index in [2.05, 4.69) is 33.5 Å². The number of halogens is 4. The first-order valence-corrected chi connectivity index (χ1v) is 6.72. The Morgan fingerprint density at radius 2 is 1.95 bits per heavy atom. The summed E-state index contributed by atoms with van der Waals surface area (Å²) in [6.07, 6.45) is -4.40. The van der Waals surface area contributed by atoms with Gasteiger partial charge in [0.2, 0.25) is 5.88 Å². The molecule has 0 saturated carbocycles. The van der Waals surface area contributed by atoms with E-state index in [0.717, 1.165) is 17.7 Å². The third-order valence-electron chi connectivity index (χ3n) is 2.50. The molecule has 2 aromatic rings. The van der Waals surface area contributed by atoms with Gasteiger partial charge in [0, 0.05) is 11.0 Å². The zero-order valence-electron chi connectivity index (χ0n) is 10.2. The zero-order chi connectivity index (χ0) is 14.9. The average molecular weight is 364 g/mol. The van der Waals surface area contributed by atoms with Gasteiger partial charge in [0.05, 0.1) is 5.56 Å². The van der Waals surface area contributed by atoms with Crippen molar-refractivity contribution in [1.82, 2.24) is 4.98 Å². The molecule has 20 heavy (non-hydrogen) atoms. The second-order valence-corrected chi connectivity index (χ2v) is 5.24. The molecule has 0 aliphatic heterocycles. The highest BCUT2D eigenvalue weighted by Gasteiger charge is 2.30. The molecule has 0 radical (unpaired) electrons. The van der Waals surface area contributed by atoms with Crippen molar-refractivity contribution in [2.75, 3.05) is 0 Å². The quantitative estimate of drug-likeness (QED) is 0.581. The van der Waals surface area contributed by atoms with Gasteiger partial charge in [-0.05, 0) is 46.6 Å². The van der Waals surface area contributed by atoms with Crippen molar-refractivity contribution in [3.8, 4) is 11.6 Å². The van der Waals surface area contributed by atoms with E-state index in [1.807, 2.05) is 0 Å². The Morgan fingerprint density at radius 3 is 2.55 bits per heavy atom. The highest BCUT2D eigenvalue weighted by atomic mass is 79.9. The average Bonchev–Trinajstić information content (AvgIpc) is 2.35. The van der Waals surface area contributed by atoms with Gasteiger partial charge in [-0.1, -0.05) is 6.07 Å². The fourth-order valence-corrected chi connectivity index (χ4v) is 2.11. The Bertz CT molecular complexity index is 623. The molecule has 7 heteroatoms. The van der Waals surface area contributed by atoms with Gasteiger partial charge in [0.25, 0.3) is 0 Å². The highest BCUT2D eigenvalue weighted by molar-refractivity contribution is 9.10. The number of ether oxygens (including phenoxy) is 1. The predicted molar refractivity (Wildman–Crippen MR) is 75.4 cm³/mol. The lowest BCUT2D eigenvalue weighted by molar-refractivity contribution is -0.137. The molecule has 0 aliphatic carbocycles. The summed E-state index contributed by atoms with van der Waals surface area (Å²) in [5.41, 5.74) is 0.0359. The van der Waals surface area contributed by atoms with Crippen LogP contribution in [0.4, 0.5) is 13.2 Å². The van der Waals surface area contributed by atoms with Crippen LogP contribution in [-0.4, -0.2) is 4.98 Å². The molecule has 0 amide bonds. The van der Waals surface area contributed by atoms with E-state index in [-0.39, 0.29) is 11.6 Å². The maximum Gasteiger partial charge on any atom is 0.416 e. The van der Waals surface area contributed by atoms with Crippen LogP contribution in [0.5, 0.6) is 11.6 Å². The van der Waals surface area contributed by atoms with Crippen LogP contribution in [0, 0.1) is 6.92 Å². The Morgan fingerprint density at radius 1 is 1.25 bits per heavy atom. The van der Waals surface area contributed by atoms with Gasteiger partial charge in [0.15, 0.2) is 0 Å². The second-order valence-electron chi connectivity index (χ2n) is 4.04. The van der Waals surface area contributed by atoms with Crippen LogP contribution in [0.3, 0.4) is 0 Å². The number of rotatable bonds is 2. The third kappa shape index (κ3) is 3.46. The summed E-state index contributed by atoms with van der Waals surface area (Å²) in [7, 11) is 0. The summed E-state index contributed by atoms with van der Waals surface area (Å²) in [6, 6.07) is 6.24. The molecule has 0 unspecified atom stereocenters. The third-order valence-corrected chi connectivity index (χ3v) is 3.95. The van der Waals surface area contributed by atoms with Crippen molar-refractivity contribution < 1.29 is 17.9 Å². The first kappa shape index (κ1) is 15.2. The molecule has 0 saturated heterocycles. The lowest BCUT2D eigenvalue weighted by Gasteiger charge is -2.11. The van der Waals surface area contributed by atoms with E-state index in [0.29, 0.717) is 9.50 Å². The first-order valence-electron chi connectivity index (χ1n) is 5.48. The van der Waals surface area contributed by atoms with E-state index in [4.69, 9.17) is 4.74 Å². The van der Waals surface area contributed by atoms with Crippen LogP contribution in [0.2, 0.25) is 0 Å². The number of nitrogens with zero attached hydrogens (tertiary/aromatic N) is 1. The standard InChI is InChI=1S/C13H9BrF3NOS/c1-7-5-10(18-12(14)11(7)20)19-9-4-2-3-8(6-9)13(15,16)17/h2-6,20H,1H3. The van der Waals surface area contributed by atoms with Gasteiger partial charge in [-0.2, -0.15) is 13.2 Å². The van der Waals surface area contributed by atoms with Crippen molar-refractivity contribution in [1.29, 1.82) is 0 Å². The van der Waals surface area contributed by atoms with Crippen LogP contribution in [0.1, 0.15) is 11.1 Å². The number of hydrogen-bond donors (Lipinski definition) is 1. The number of alkyl halides is 3. The van der Waals surface area contributed by atoms with Crippen LogP contribution in [-0.2, 0) is 6.18 Å². The van der Waals surface area contributed by atoms with Crippen LogP contribution >= 0.6 is 28.6 Å². The Kier molecular flexibility index (Phi) is 4.29. The number of thiol groups is 1. The Hall–Kier alpha value is -1.21. The SMILES string of the molecule is Cc1cc(Oc2cccc(C(F)(F)F)c2)nc(Br)c1S. The summed E-state index contributed by atoms with van der Waals surface area (Å²) in [4.78, 5) is 4.71. The molecule has 0 spiro atoms. The van der Waals surface area contributed by atoms with Crippen molar-refractivity contribution in [2.24, 2.45) is 0 Å². The fourth-order valence-electron chi connectivity index (χ4n) is 1.51. The number of aryl methyl sites for hydroxylation is 1. The minimum atomic E-state index is -4.40. The maximum atomic E-state index is 12.6. The van der Waals surface area contributed by atoms with Crippen LogP contribution < -0.4 is 4.74 Å². The fraction of sp³-hybridized carbons (Fsp3) is 0.154. The van der Waals surface area contributed by atoms with E-state index in [1.54, 1.807) is 13.0 Å². The smallest absolute Gasteiger partial charge is 0.416 e. The summed E-state index contributed by atoms with van der Waals surface area (Å²) in [6.45, 7) is 1.80. The van der Waals surface area contributed by atoms with E-state index < -0.39 is 11.7 Å². The van der Waals surface area contributed by atoms with Gasteiger partial charge in [-0.25, -0.2) is 4.98 Å². The molecular formula is C13H9BrF3NOS. The lowest BCUT2D eigenvalue weighted by Crippen LogP contribution is -2.04. The van der Waals surface area contributed by atoms with Crippen molar-refractivity contribution in [3.63, 3.8) is 0 Å². The van der Waals surface area contributed by atoms with Gasteiger partial charge >= 0.3 is 6.18 Å². The van der Waals surface area contributed by atoms with Crippen molar-refractivity contribution in [3.05, 3.63) is 46.1 Å². The van der Waals surface area contributed by atoms with E-state index in [1.165, 1.54) is 12.1 Å². The number of aromatic nitrogens is 1. The van der Waals surface area contributed by atoms with Crippen molar-refractivity contribution in [2.45, 2.75) is 18.0 Å². The maximum absolute atomic E-state index is 12.6. The molecule has 106 valence electrons. The summed E-state index contributed by atoms with van der Waals surface area (Å²) in [5.74, 6) is 0.275. The van der Waals surface area contributed by atoms with Gasteiger partial charge in [-0.3, -0.25) is 0 Å². The minimum absolute atomic E-state index is 0.0746. The zero-order valence-corrected chi connectivity index (χ0v) is 12.7. The highest BCUT2D eigenvalue weighted by Crippen LogP contribution is 2.33. The molecule has 0 fully saturated rings. The second kappa shape index (κ2) is 5.65. The molecule has 2 rings (SSSR count). The molecule has 1 heterocycles. The molecule has 0 atom stereocenters. The summed E-state index contributed by atoms with van der Waals surface area (Å²) >= 11 is 7.43. The molecule has 2 nitrogen and oxygen atoms in total. The van der Waals surface area contributed by atoms with Crippen LogP contribution in [0.15, 0.2) is 39.8 Å². The lowest BCUT2D eigenvalue weighted by atomic mass is 10.2. The molecule has 1 aromatic carbocycles. The van der Waals surface area contributed by atoms with E-state index in [9.17, 15) is 13.2 Å². The molecule has 0 aliphatic rings. The van der Waals surface area contributed by atoms with Crippen molar-refractivity contribution >= 4 is 28.6 Å². The molecule has 0 bridgehead atoms.